The first kappa shape index (κ1) is 18.6. The fourth-order valence-electron chi connectivity index (χ4n) is 3.34. The van der Waals surface area contributed by atoms with Crippen LogP contribution >= 0.6 is 0 Å². The molecule has 0 aliphatic rings. The summed E-state index contributed by atoms with van der Waals surface area (Å²) in [6.07, 6.45) is 1.44. The van der Waals surface area contributed by atoms with Crippen LogP contribution in [0.2, 0.25) is 0 Å². The Hall–Kier alpha value is -3.73. The zero-order chi connectivity index (χ0) is 20.2. The molecule has 0 saturated carbocycles. The van der Waals surface area contributed by atoms with E-state index in [2.05, 4.69) is 4.98 Å². The van der Waals surface area contributed by atoms with Crippen LogP contribution in [0.4, 0.5) is 5.69 Å². The van der Waals surface area contributed by atoms with Gasteiger partial charge in [0, 0.05) is 5.69 Å². The van der Waals surface area contributed by atoms with Crippen LogP contribution < -0.4 is 10.5 Å². The summed E-state index contributed by atoms with van der Waals surface area (Å²) in [6.45, 7) is 2.35. The Balaban J connectivity index is 1.68. The molecule has 4 rings (SSSR count). The van der Waals surface area contributed by atoms with E-state index in [4.69, 9.17) is 0 Å². The van der Waals surface area contributed by atoms with Crippen LogP contribution in [0.5, 0.6) is 0 Å². The molecule has 1 heterocycles. The molecule has 3 aromatic carbocycles. The second kappa shape index (κ2) is 8.10. The van der Waals surface area contributed by atoms with Crippen molar-refractivity contribution in [3.63, 3.8) is 0 Å². The van der Waals surface area contributed by atoms with Crippen molar-refractivity contribution < 1.29 is 4.79 Å². The van der Waals surface area contributed by atoms with Gasteiger partial charge in [0.2, 0.25) is 5.91 Å². The number of carbonyl (C=O) groups excluding carboxylic acids is 1. The van der Waals surface area contributed by atoms with Crippen molar-refractivity contribution >= 4 is 22.5 Å². The SMILES string of the molecule is Cc1cccc(N(Cc2ccccc2)C(=O)Cn2cnc3ccccc3c2=O)c1. The van der Waals surface area contributed by atoms with E-state index in [0.29, 0.717) is 17.4 Å². The summed E-state index contributed by atoms with van der Waals surface area (Å²) in [4.78, 5) is 32.1. The molecule has 0 aliphatic carbocycles. The zero-order valence-corrected chi connectivity index (χ0v) is 16.2. The average molecular weight is 383 g/mol. The van der Waals surface area contributed by atoms with Crippen LogP contribution in [0.3, 0.4) is 0 Å². The van der Waals surface area contributed by atoms with Crippen LogP contribution in [0.15, 0.2) is 90.0 Å². The van der Waals surface area contributed by atoms with Gasteiger partial charge in [0.05, 0.1) is 23.8 Å². The number of hydrogen-bond donors (Lipinski definition) is 0. The van der Waals surface area contributed by atoms with Gasteiger partial charge in [-0.1, -0.05) is 54.6 Å². The summed E-state index contributed by atoms with van der Waals surface area (Å²) in [6, 6.07) is 24.8. The Labute approximate surface area is 168 Å². The summed E-state index contributed by atoms with van der Waals surface area (Å²) < 4.78 is 1.37. The number of hydrogen-bond acceptors (Lipinski definition) is 3. The smallest absolute Gasteiger partial charge is 0.261 e. The maximum absolute atomic E-state index is 13.3. The minimum Gasteiger partial charge on any atom is -0.306 e. The Morgan fingerprint density at radius 3 is 2.52 bits per heavy atom. The molecule has 0 N–H and O–H groups in total. The van der Waals surface area contributed by atoms with Crippen LogP contribution in [-0.2, 0) is 17.9 Å². The van der Waals surface area contributed by atoms with Crippen molar-refractivity contribution in [2.24, 2.45) is 0 Å². The first-order valence-electron chi connectivity index (χ1n) is 9.47. The molecular formula is C24H21N3O2. The number of aryl methyl sites for hydroxylation is 1. The van der Waals surface area contributed by atoms with Gasteiger partial charge < -0.3 is 4.90 Å². The topological polar surface area (TPSA) is 55.2 Å². The van der Waals surface area contributed by atoms with Crippen LogP contribution in [-0.4, -0.2) is 15.5 Å². The maximum atomic E-state index is 13.3. The van der Waals surface area contributed by atoms with E-state index in [0.717, 1.165) is 16.8 Å². The molecule has 0 spiro atoms. The number of aromatic nitrogens is 2. The molecular weight excluding hydrogens is 362 g/mol. The number of anilines is 1. The van der Waals surface area contributed by atoms with E-state index in [9.17, 15) is 9.59 Å². The number of benzene rings is 3. The van der Waals surface area contributed by atoms with Crippen LogP contribution in [0, 0.1) is 6.92 Å². The lowest BCUT2D eigenvalue weighted by Crippen LogP contribution is -2.36. The van der Waals surface area contributed by atoms with Gasteiger partial charge in [-0.3, -0.25) is 14.2 Å². The summed E-state index contributed by atoms with van der Waals surface area (Å²) in [5, 5.41) is 0.507. The molecule has 0 unspecified atom stereocenters. The lowest BCUT2D eigenvalue weighted by atomic mass is 10.1. The summed E-state index contributed by atoms with van der Waals surface area (Å²) in [5.41, 5.74) is 3.30. The van der Waals surface area contributed by atoms with Gasteiger partial charge in [-0.15, -0.1) is 0 Å². The van der Waals surface area contributed by atoms with E-state index >= 15 is 0 Å². The average Bonchev–Trinajstić information content (AvgIpc) is 2.75. The van der Waals surface area contributed by atoms with Crippen LogP contribution in [0.1, 0.15) is 11.1 Å². The van der Waals surface area contributed by atoms with E-state index in [1.807, 2.05) is 67.6 Å². The van der Waals surface area contributed by atoms with Gasteiger partial charge in [-0.2, -0.15) is 0 Å². The first-order chi connectivity index (χ1) is 14.1. The maximum Gasteiger partial charge on any atom is 0.261 e. The molecule has 1 amide bonds. The van der Waals surface area contributed by atoms with Gasteiger partial charge in [0.25, 0.3) is 5.56 Å². The standard InChI is InChI=1S/C24H21N3O2/c1-18-8-7-11-20(14-18)27(15-19-9-3-2-4-10-19)23(28)16-26-17-25-22-13-6-5-12-21(22)24(26)29/h2-14,17H,15-16H2,1H3. The molecule has 5 heteroatoms. The second-order valence-electron chi connectivity index (χ2n) is 7.00. The number of amides is 1. The molecule has 29 heavy (non-hydrogen) atoms. The normalized spacial score (nSPS) is 10.8. The van der Waals surface area contributed by atoms with Gasteiger partial charge in [0.1, 0.15) is 6.54 Å². The van der Waals surface area contributed by atoms with Gasteiger partial charge in [-0.05, 0) is 42.3 Å². The van der Waals surface area contributed by atoms with Crippen molar-refractivity contribution in [1.82, 2.24) is 9.55 Å². The fraction of sp³-hybridized carbons (Fsp3) is 0.125. The third-order valence-electron chi connectivity index (χ3n) is 4.84. The Morgan fingerprint density at radius 2 is 1.72 bits per heavy atom. The zero-order valence-electron chi connectivity index (χ0n) is 16.2. The van der Waals surface area contributed by atoms with Crippen molar-refractivity contribution in [1.29, 1.82) is 0 Å². The predicted octanol–water partition coefficient (Wildman–Crippen LogP) is 3.94. The summed E-state index contributed by atoms with van der Waals surface area (Å²) in [5.74, 6) is -0.168. The highest BCUT2D eigenvalue weighted by Gasteiger charge is 2.18. The minimum atomic E-state index is -0.215. The number of rotatable bonds is 5. The molecule has 0 saturated heterocycles. The van der Waals surface area contributed by atoms with E-state index < -0.39 is 0 Å². The molecule has 4 aromatic rings. The summed E-state index contributed by atoms with van der Waals surface area (Å²) >= 11 is 0. The van der Waals surface area contributed by atoms with E-state index in [1.54, 1.807) is 23.1 Å². The molecule has 1 aromatic heterocycles. The third kappa shape index (κ3) is 4.09. The molecule has 0 radical (unpaired) electrons. The lowest BCUT2D eigenvalue weighted by molar-refractivity contribution is -0.119. The highest BCUT2D eigenvalue weighted by Crippen LogP contribution is 2.19. The lowest BCUT2D eigenvalue weighted by Gasteiger charge is -2.24. The van der Waals surface area contributed by atoms with Gasteiger partial charge in [-0.25, -0.2) is 4.98 Å². The highest BCUT2D eigenvalue weighted by atomic mass is 16.2. The number of nitrogens with zero attached hydrogens (tertiary/aromatic N) is 3. The second-order valence-corrected chi connectivity index (χ2v) is 7.00. The van der Waals surface area contributed by atoms with Crippen molar-refractivity contribution in [2.75, 3.05) is 4.90 Å². The number of fused-ring (bicyclic) bond motifs is 1. The predicted molar refractivity (Wildman–Crippen MR) is 115 cm³/mol. The fourth-order valence-corrected chi connectivity index (χ4v) is 3.34. The third-order valence-corrected chi connectivity index (χ3v) is 4.84. The molecule has 0 bridgehead atoms. The van der Waals surface area contributed by atoms with Crippen LogP contribution in [0.25, 0.3) is 10.9 Å². The van der Waals surface area contributed by atoms with E-state index in [-0.39, 0.29) is 18.0 Å². The molecule has 5 nitrogen and oxygen atoms in total. The van der Waals surface area contributed by atoms with E-state index in [1.165, 1.54) is 10.9 Å². The Morgan fingerprint density at radius 1 is 0.966 bits per heavy atom. The number of carbonyl (C=O) groups is 1. The Kier molecular flexibility index (Phi) is 5.20. The quantitative estimate of drug-likeness (QED) is 0.525. The Bertz CT molecular complexity index is 1220. The monoisotopic (exact) mass is 383 g/mol. The van der Waals surface area contributed by atoms with Crippen molar-refractivity contribution in [3.8, 4) is 0 Å². The van der Waals surface area contributed by atoms with Gasteiger partial charge in [0.15, 0.2) is 0 Å². The largest absolute Gasteiger partial charge is 0.306 e. The molecule has 144 valence electrons. The summed E-state index contributed by atoms with van der Waals surface area (Å²) in [7, 11) is 0. The molecule has 0 aliphatic heterocycles. The minimum absolute atomic E-state index is 0.0720. The molecule has 0 atom stereocenters. The molecule has 0 fully saturated rings. The van der Waals surface area contributed by atoms with Gasteiger partial charge >= 0.3 is 0 Å². The number of para-hydroxylation sites is 1. The van der Waals surface area contributed by atoms with Crippen molar-refractivity contribution in [2.45, 2.75) is 20.0 Å². The highest BCUT2D eigenvalue weighted by molar-refractivity contribution is 5.93. The van der Waals surface area contributed by atoms with Crippen molar-refractivity contribution in [3.05, 3.63) is 107 Å². The first-order valence-corrected chi connectivity index (χ1v) is 9.47.